The number of phenolic OH excluding ortho intramolecular Hbond substituents is 1. The molecule has 1 aliphatic heterocycles. The Morgan fingerprint density at radius 2 is 1.79 bits per heavy atom. The zero-order valence-electron chi connectivity index (χ0n) is 14.9. The van der Waals surface area contributed by atoms with Crippen LogP contribution in [0.15, 0.2) is 48.7 Å². The van der Waals surface area contributed by atoms with Gasteiger partial charge in [-0.2, -0.15) is 0 Å². The number of nitrogens with zero attached hydrogens (tertiary/aromatic N) is 2. The number of hydrogen-bond donors (Lipinski definition) is 1. The largest absolute Gasteiger partial charge is 0.508 e. The summed E-state index contributed by atoms with van der Waals surface area (Å²) in [5.41, 5.74) is 1.42. The van der Waals surface area contributed by atoms with Gasteiger partial charge in [-0.25, -0.2) is 13.2 Å². The molecule has 7 heteroatoms. The van der Waals surface area contributed by atoms with E-state index in [1.807, 2.05) is 27.8 Å². The van der Waals surface area contributed by atoms with Crippen LogP contribution in [0.2, 0.25) is 5.02 Å². The molecule has 0 aliphatic carbocycles. The average Bonchev–Trinajstić information content (AvgIpc) is 3.04. The molecule has 0 spiro atoms. The van der Waals surface area contributed by atoms with Crippen molar-refractivity contribution >= 4 is 11.6 Å². The van der Waals surface area contributed by atoms with E-state index < -0.39 is 23.5 Å². The third-order valence-corrected chi connectivity index (χ3v) is 5.34. The number of hydrogen-bond acceptors (Lipinski definition) is 2. The van der Waals surface area contributed by atoms with Gasteiger partial charge >= 0.3 is 0 Å². The van der Waals surface area contributed by atoms with Crippen LogP contribution in [0.25, 0.3) is 0 Å². The first-order valence-corrected chi connectivity index (χ1v) is 9.33. The molecule has 1 N–H and O–H groups in total. The lowest BCUT2D eigenvalue weighted by Crippen LogP contribution is -2.30. The van der Waals surface area contributed by atoms with Gasteiger partial charge in [0.2, 0.25) is 0 Å². The van der Waals surface area contributed by atoms with Gasteiger partial charge in [-0.3, -0.25) is 4.90 Å². The summed E-state index contributed by atoms with van der Waals surface area (Å²) in [6.07, 6.45) is 2.67. The number of benzene rings is 2. The highest BCUT2D eigenvalue weighted by Crippen LogP contribution is 2.36. The second-order valence-corrected chi connectivity index (χ2v) is 7.35. The van der Waals surface area contributed by atoms with Crippen molar-refractivity contribution < 1.29 is 18.3 Å². The van der Waals surface area contributed by atoms with Gasteiger partial charge in [0, 0.05) is 53.7 Å². The van der Waals surface area contributed by atoms with Gasteiger partial charge in [-0.05, 0) is 42.8 Å². The van der Waals surface area contributed by atoms with Crippen LogP contribution < -0.4 is 0 Å². The van der Waals surface area contributed by atoms with Gasteiger partial charge in [-0.1, -0.05) is 11.6 Å². The first-order valence-electron chi connectivity index (χ1n) is 8.95. The molecular weight excluding hydrogens is 389 g/mol. The van der Waals surface area contributed by atoms with E-state index >= 15 is 0 Å². The lowest BCUT2D eigenvalue weighted by atomic mass is 10.00. The topological polar surface area (TPSA) is 28.4 Å². The zero-order valence-corrected chi connectivity index (χ0v) is 15.6. The Labute approximate surface area is 165 Å². The van der Waals surface area contributed by atoms with Crippen LogP contribution in [0.1, 0.15) is 29.3 Å². The highest BCUT2D eigenvalue weighted by atomic mass is 35.5. The molecule has 0 saturated carbocycles. The molecule has 2 heterocycles. The minimum absolute atomic E-state index is 0.0577. The molecule has 0 radical (unpaired) electrons. The van der Waals surface area contributed by atoms with E-state index in [1.54, 1.807) is 12.1 Å². The van der Waals surface area contributed by atoms with Crippen molar-refractivity contribution in [3.05, 3.63) is 88.0 Å². The van der Waals surface area contributed by atoms with Gasteiger partial charge in [0.05, 0.1) is 6.04 Å². The first-order chi connectivity index (χ1) is 13.4. The first kappa shape index (κ1) is 18.9. The van der Waals surface area contributed by atoms with Crippen molar-refractivity contribution in [2.75, 3.05) is 6.54 Å². The Kier molecular flexibility index (Phi) is 5.08. The molecule has 1 aromatic heterocycles. The van der Waals surface area contributed by atoms with Gasteiger partial charge in [0.1, 0.15) is 11.6 Å². The van der Waals surface area contributed by atoms with Crippen molar-refractivity contribution in [1.29, 1.82) is 0 Å². The number of rotatable bonds is 3. The quantitative estimate of drug-likeness (QED) is 0.601. The molecule has 0 fully saturated rings. The summed E-state index contributed by atoms with van der Waals surface area (Å²) in [6.45, 7) is 1.58. The Morgan fingerprint density at radius 3 is 2.61 bits per heavy atom. The van der Waals surface area contributed by atoms with E-state index in [1.165, 1.54) is 6.07 Å². The second-order valence-electron chi connectivity index (χ2n) is 6.91. The predicted octanol–water partition coefficient (Wildman–Crippen LogP) is 5.26. The molecule has 1 aliphatic rings. The van der Waals surface area contributed by atoms with Gasteiger partial charge in [-0.15, -0.1) is 0 Å². The Bertz CT molecular complexity index is 1020. The molecule has 0 amide bonds. The van der Waals surface area contributed by atoms with Crippen molar-refractivity contribution in [1.82, 2.24) is 9.47 Å². The number of aromatic hydroxyl groups is 1. The number of aryl methyl sites for hydroxylation is 1. The molecule has 4 rings (SSSR count). The summed E-state index contributed by atoms with van der Waals surface area (Å²) in [6, 6.07) is 9.31. The normalized spacial score (nSPS) is 17.4. The van der Waals surface area contributed by atoms with Crippen molar-refractivity contribution in [3.8, 4) is 5.75 Å². The maximum absolute atomic E-state index is 14.7. The number of aromatic nitrogens is 1. The minimum atomic E-state index is -1.22. The van der Waals surface area contributed by atoms with Crippen LogP contribution in [0.5, 0.6) is 5.75 Å². The summed E-state index contributed by atoms with van der Waals surface area (Å²) in [5.74, 6) is -3.04. The fraction of sp³-hybridized carbons (Fsp3) is 0.238. The minimum Gasteiger partial charge on any atom is -0.508 e. The number of halogens is 4. The zero-order chi connectivity index (χ0) is 19.8. The van der Waals surface area contributed by atoms with Crippen molar-refractivity contribution in [2.45, 2.75) is 25.6 Å². The third-order valence-electron chi connectivity index (χ3n) is 5.10. The van der Waals surface area contributed by atoms with Gasteiger partial charge in [0.25, 0.3) is 0 Å². The Morgan fingerprint density at radius 1 is 1.00 bits per heavy atom. The standard InChI is InChI=1S/C21H18ClF3N2O/c22-14-4-5-20(28)13(9-14)12-27-8-2-7-26-6-1-3-19(26)21(27)15-10-17(24)18(25)11-16(15)23/h1,3-6,9-11,21,28H,2,7-8,12H2. The van der Waals surface area contributed by atoms with E-state index in [-0.39, 0.29) is 17.9 Å². The molecule has 0 saturated heterocycles. The summed E-state index contributed by atoms with van der Waals surface area (Å²) in [7, 11) is 0. The fourth-order valence-corrected chi connectivity index (χ4v) is 4.01. The molecule has 1 atom stereocenters. The fourth-order valence-electron chi connectivity index (χ4n) is 3.81. The molecule has 3 nitrogen and oxygen atoms in total. The third kappa shape index (κ3) is 3.50. The molecule has 2 aromatic carbocycles. The lowest BCUT2D eigenvalue weighted by Gasteiger charge is -2.31. The summed E-state index contributed by atoms with van der Waals surface area (Å²) >= 11 is 6.06. The number of fused-ring (bicyclic) bond motifs is 1. The van der Waals surface area contributed by atoms with E-state index in [9.17, 15) is 18.3 Å². The van der Waals surface area contributed by atoms with Gasteiger partial charge in [0.15, 0.2) is 11.6 Å². The molecular formula is C21H18ClF3N2O. The van der Waals surface area contributed by atoms with E-state index in [4.69, 9.17) is 11.6 Å². The van der Waals surface area contributed by atoms with Gasteiger partial charge < -0.3 is 9.67 Å². The Hall–Kier alpha value is -2.44. The van der Waals surface area contributed by atoms with E-state index in [2.05, 4.69) is 0 Å². The lowest BCUT2D eigenvalue weighted by molar-refractivity contribution is 0.213. The van der Waals surface area contributed by atoms with Crippen LogP contribution in [0.3, 0.4) is 0 Å². The molecule has 0 bridgehead atoms. The van der Waals surface area contributed by atoms with E-state index in [0.29, 0.717) is 23.2 Å². The van der Waals surface area contributed by atoms with Crippen LogP contribution in [0, 0.1) is 17.5 Å². The van der Waals surface area contributed by atoms with Crippen LogP contribution in [-0.4, -0.2) is 21.1 Å². The molecule has 146 valence electrons. The van der Waals surface area contributed by atoms with E-state index in [0.717, 1.165) is 24.7 Å². The van der Waals surface area contributed by atoms with Crippen molar-refractivity contribution in [3.63, 3.8) is 0 Å². The second kappa shape index (κ2) is 7.53. The predicted molar refractivity (Wildman–Crippen MR) is 101 cm³/mol. The molecule has 1 unspecified atom stereocenters. The number of phenols is 1. The highest BCUT2D eigenvalue weighted by molar-refractivity contribution is 6.30. The summed E-state index contributed by atoms with van der Waals surface area (Å²) < 4.78 is 44.1. The SMILES string of the molecule is Oc1ccc(Cl)cc1CN1CCCn2cccc2C1c1cc(F)c(F)cc1F. The average molecular weight is 407 g/mol. The Balaban J connectivity index is 1.82. The summed E-state index contributed by atoms with van der Waals surface area (Å²) in [4.78, 5) is 1.94. The molecule has 28 heavy (non-hydrogen) atoms. The van der Waals surface area contributed by atoms with Crippen LogP contribution >= 0.6 is 11.6 Å². The van der Waals surface area contributed by atoms with Crippen LogP contribution in [0.4, 0.5) is 13.2 Å². The maximum atomic E-state index is 14.7. The molecule has 3 aromatic rings. The van der Waals surface area contributed by atoms with Crippen LogP contribution in [-0.2, 0) is 13.1 Å². The highest BCUT2D eigenvalue weighted by Gasteiger charge is 2.31. The smallest absolute Gasteiger partial charge is 0.161 e. The van der Waals surface area contributed by atoms with Crippen molar-refractivity contribution in [2.24, 2.45) is 0 Å². The summed E-state index contributed by atoms with van der Waals surface area (Å²) in [5, 5.41) is 10.7. The maximum Gasteiger partial charge on any atom is 0.161 e. The monoisotopic (exact) mass is 406 g/mol.